The van der Waals surface area contributed by atoms with Crippen molar-refractivity contribution in [1.82, 2.24) is 0 Å². The van der Waals surface area contributed by atoms with Gasteiger partial charge in [-0.15, -0.1) is 0 Å². The summed E-state index contributed by atoms with van der Waals surface area (Å²) in [7, 11) is 1.56. The van der Waals surface area contributed by atoms with E-state index in [1.165, 1.54) is 12.1 Å². The maximum absolute atomic E-state index is 13.6. The Kier molecular flexibility index (Phi) is 5.00. The maximum Gasteiger partial charge on any atom is 0.129 e. The maximum atomic E-state index is 13.6. The predicted octanol–water partition coefficient (Wildman–Crippen LogP) is 5.31. The van der Waals surface area contributed by atoms with Crippen molar-refractivity contribution in [3.05, 3.63) is 64.2 Å². The molecule has 0 aliphatic heterocycles. The van der Waals surface area contributed by atoms with E-state index in [-0.39, 0.29) is 4.83 Å². The normalized spacial score (nSPS) is 12.2. The van der Waals surface area contributed by atoms with Gasteiger partial charge in [0.05, 0.1) is 7.11 Å². The Morgan fingerprint density at radius 2 is 1.95 bits per heavy atom. The number of benzene rings is 2. The summed E-state index contributed by atoms with van der Waals surface area (Å²) < 4.78 is 31.6. The highest BCUT2D eigenvalue weighted by molar-refractivity contribution is 9.09. The Balaban J connectivity index is 2.21. The molecule has 1 unspecified atom stereocenters. The number of alkyl halides is 1. The van der Waals surface area contributed by atoms with Crippen LogP contribution in [0.1, 0.15) is 16.0 Å². The highest BCUT2D eigenvalue weighted by atomic mass is 79.9. The molecular weight excluding hydrogens is 350 g/mol. The minimum Gasteiger partial charge on any atom is -0.497 e. The molecule has 0 amide bonds. The van der Waals surface area contributed by atoms with Crippen molar-refractivity contribution in [2.45, 2.75) is 11.2 Å². The predicted molar refractivity (Wildman–Crippen MR) is 79.7 cm³/mol. The van der Waals surface area contributed by atoms with Crippen molar-refractivity contribution in [3.63, 3.8) is 0 Å². The summed E-state index contributed by atoms with van der Waals surface area (Å²) in [5.41, 5.74) is 1.26. The van der Waals surface area contributed by atoms with Gasteiger partial charge in [-0.1, -0.05) is 39.7 Å². The van der Waals surface area contributed by atoms with Gasteiger partial charge in [-0.25, -0.2) is 8.78 Å². The van der Waals surface area contributed by atoms with Crippen molar-refractivity contribution in [1.29, 1.82) is 0 Å². The second kappa shape index (κ2) is 6.55. The molecule has 1 nitrogen and oxygen atoms in total. The van der Waals surface area contributed by atoms with Crippen molar-refractivity contribution in [3.8, 4) is 5.75 Å². The van der Waals surface area contributed by atoms with Crippen molar-refractivity contribution < 1.29 is 13.5 Å². The lowest BCUT2D eigenvalue weighted by molar-refractivity contribution is 0.414. The smallest absolute Gasteiger partial charge is 0.129 e. The van der Waals surface area contributed by atoms with Crippen LogP contribution in [0.15, 0.2) is 36.4 Å². The molecule has 2 aromatic rings. The third-order valence-corrected chi connectivity index (χ3v) is 4.10. The lowest BCUT2D eigenvalue weighted by Crippen LogP contribution is -2.00. The standard InChI is InChI=1S/C15H12BrClF2O/c1-20-11-4-5-12(14(17)8-11)13(16)6-9-2-3-10(18)7-15(9)19/h2-5,7-8,13H,6H2,1H3. The Morgan fingerprint density at radius 1 is 1.20 bits per heavy atom. The van der Waals surface area contributed by atoms with Crippen LogP contribution in [0.2, 0.25) is 5.02 Å². The van der Waals surface area contributed by atoms with E-state index in [0.29, 0.717) is 22.8 Å². The fourth-order valence-corrected chi connectivity index (χ4v) is 3.06. The molecule has 2 rings (SSSR count). The molecular formula is C15H12BrClF2O. The van der Waals surface area contributed by atoms with Gasteiger partial charge < -0.3 is 4.74 Å². The van der Waals surface area contributed by atoms with Gasteiger partial charge in [0, 0.05) is 15.9 Å². The van der Waals surface area contributed by atoms with E-state index in [1.54, 1.807) is 19.2 Å². The van der Waals surface area contributed by atoms with Crippen molar-refractivity contribution in [2.24, 2.45) is 0 Å². The van der Waals surface area contributed by atoms with Crippen LogP contribution < -0.4 is 4.74 Å². The quantitative estimate of drug-likeness (QED) is 0.671. The molecule has 0 radical (unpaired) electrons. The lowest BCUT2D eigenvalue weighted by Gasteiger charge is -2.13. The first kappa shape index (κ1) is 15.3. The minimum atomic E-state index is -0.583. The Labute approximate surface area is 129 Å². The summed E-state index contributed by atoms with van der Waals surface area (Å²) >= 11 is 9.66. The molecule has 0 saturated carbocycles. The molecule has 0 aromatic heterocycles. The van der Waals surface area contributed by atoms with E-state index in [1.807, 2.05) is 6.07 Å². The molecule has 0 fully saturated rings. The molecule has 0 aliphatic rings. The summed E-state index contributed by atoms with van der Waals surface area (Å²) in [6.45, 7) is 0. The molecule has 0 bridgehead atoms. The Bertz CT molecular complexity index is 619. The van der Waals surface area contributed by atoms with Crippen molar-refractivity contribution in [2.75, 3.05) is 7.11 Å². The first-order valence-electron chi connectivity index (χ1n) is 5.92. The summed E-state index contributed by atoms with van der Waals surface area (Å²) in [5.74, 6) is -0.481. The zero-order chi connectivity index (χ0) is 14.7. The van der Waals surface area contributed by atoms with Crippen LogP contribution in [-0.2, 0) is 6.42 Å². The van der Waals surface area contributed by atoms with Gasteiger partial charge in [0.25, 0.3) is 0 Å². The Hall–Kier alpha value is -1.13. The molecule has 0 saturated heterocycles. The van der Waals surface area contributed by atoms with E-state index in [2.05, 4.69) is 15.9 Å². The number of ether oxygens (including phenoxy) is 1. The molecule has 106 valence electrons. The average Bonchev–Trinajstić information content (AvgIpc) is 2.41. The summed E-state index contributed by atoms with van der Waals surface area (Å²) in [6, 6.07) is 8.87. The van der Waals surface area contributed by atoms with E-state index in [9.17, 15) is 8.78 Å². The topological polar surface area (TPSA) is 9.23 Å². The number of rotatable bonds is 4. The van der Waals surface area contributed by atoms with Gasteiger partial charge in [0.2, 0.25) is 0 Å². The molecule has 0 heterocycles. The molecule has 0 spiro atoms. The van der Waals surface area contributed by atoms with Crippen LogP contribution in [0, 0.1) is 11.6 Å². The van der Waals surface area contributed by atoms with Gasteiger partial charge in [-0.3, -0.25) is 0 Å². The van der Waals surface area contributed by atoms with E-state index >= 15 is 0 Å². The first-order chi connectivity index (χ1) is 9.51. The largest absolute Gasteiger partial charge is 0.497 e. The van der Waals surface area contributed by atoms with Gasteiger partial charge in [-0.05, 0) is 35.7 Å². The monoisotopic (exact) mass is 360 g/mol. The van der Waals surface area contributed by atoms with Gasteiger partial charge >= 0.3 is 0 Å². The van der Waals surface area contributed by atoms with E-state index in [0.717, 1.165) is 11.6 Å². The number of hydrogen-bond acceptors (Lipinski definition) is 1. The number of methoxy groups -OCH3 is 1. The van der Waals surface area contributed by atoms with Crippen LogP contribution >= 0.6 is 27.5 Å². The number of hydrogen-bond donors (Lipinski definition) is 0. The van der Waals surface area contributed by atoms with E-state index in [4.69, 9.17) is 16.3 Å². The van der Waals surface area contributed by atoms with Crippen LogP contribution in [0.25, 0.3) is 0 Å². The van der Waals surface area contributed by atoms with Crippen LogP contribution in [-0.4, -0.2) is 7.11 Å². The zero-order valence-electron chi connectivity index (χ0n) is 10.7. The highest BCUT2D eigenvalue weighted by Gasteiger charge is 2.15. The van der Waals surface area contributed by atoms with E-state index < -0.39 is 11.6 Å². The molecule has 20 heavy (non-hydrogen) atoms. The average molecular weight is 362 g/mol. The fraction of sp³-hybridized carbons (Fsp3) is 0.200. The summed E-state index contributed by atoms with van der Waals surface area (Å²) in [4.78, 5) is -0.166. The first-order valence-corrected chi connectivity index (χ1v) is 7.22. The number of halogens is 4. The lowest BCUT2D eigenvalue weighted by atomic mass is 10.0. The van der Waals surface area contributed by atoms with Crippen LogP contribution in [0.3, 0.4) is 0 Å². The van der Waals surface area contributed by atoms with Crippen molar-refractivity contribution >= 4 is 27.5 Å². The summed E-state index contributed by atoms with van der Waals surface area (Å²) in [5, 5.41) is 0.536. The van der Waals surface area contributed by atoms with Crippen LogP contribution in [0.4, 0.5) is 8.78 Å². The second-order valence-electron chi connectivity index (χ2n) is 4.29. The van der Waals surface area contributed by atoms with Gasteiger partial charge in [-0.2, -0.15) is 0 Å². The minimum absolute atomic E-state index is 0.166. The SMILES string of the molecule is COc1ccc(C(Br)Cc2ccc(F)cc2F)c(Cl)c1. The molecule has 0 N–H and O–H groups in total. The summed E-state index contributed by atoms with van der Waals surface area (Å²) in [6.07, 6.45) is 0.373. The molecule has 0 aliphatic carbocycles. The highest BCUT2D eigenvalue weighted by Crippen LogP contribution is 2.34. The molecule has 2 aromatic carbocycles. The molecule has 1 atom stereocenters. The third-order valence-electron chi connectivity index (χ3n) is 2.96. The third kappa shape index (κ3) is 3.49. The van der Waals surface area contributed by atoms with Gasteiger partial charge in [0.15, 0.2) is 0 Å². The Morgan fingerprint density at radius 3 is 2.55 bits per heavy atom. The second-order valence-corrected chi connectivity index (χ2v) is 5.81. The zero-order valence-corrected chi connectivity index (χ0v) is 13.0. The van der Waals surface area contributed by atoms with Gasteiger partial charge in [0.1, 0.15) is 17.4 Å². The fourth-order valence-electron chi connectivity index (χ4n) is 1.88. The van der Waals surface area contributed by atoms with Crippen LogP contribution in [0.5, 0.6) is 5.75 Å². The molecule has 5 heteroatoms.